The van der Waals surface area contributed by atoms with Crippen LogP contribution in [-0.4, -0.2) is 21.2 Å². The highest BCUT2D eigenvalue weighted by Gasteiger charge is 2.32. The molecule has 132 valence electrons. The zero-order valence-corrected chi connectivity index (χ0v) is 14.0. The van der Waals surface area contributed by atoms with Gasteiger partial charge in [0, 0.05) is 0 Å². The molecule has 0 saturated heterocycles. The van der Waals surface area contributed by atoms with Crippen LogP contribution in [0.25, 0.3) is 5.69 Å². The summed E-state index contributed by atoms with van der Waals surface area (Å²) in [5.74, 6) is 0. The predicted molar refractivity (Wildman–Crippen MR) is 86.4 cm³/mol. The zero-order chi connectivity index (χ0) is 19.5. The Hall–Kier alpha value is -3.08. The smallest absolute Gasteiger partial charge is 0.388 e. The average molecular weight is 400 g/mol. The SMILES string of the molecule is N#C/C(N)=C(\C#N)N=Cc1cnn(-c2c(Cl)cc(C(F)(F)F)cc2Cl)n1. The molecule has 0 amide bonds. The minimum atomic E-state index is -4.61. The molecule has 12 heteroatoms. The van der Waals surface area contributed by atoms with E-state index < -0.39 is 11.7 Å². The van der Waals surface area contributed by atoms with Gasteiger partial charge in [-0.05, 0) is 12.1 Å². The molecule has 26 heavy (non-hydrogen) atoms. The Bertz CT molecular complexity index is 970. The third-order valence-electron chi connectivity index (χ3n) is 2.86. The quantitative estimate of drug-likeness (QED) is 0.627. The lowest BCUT2D eigenvalue weighted by atomic mass is 10.2. The first-order valence-electron chi connectivity index (χ1n) is 6.50. The van der Waals surface area contributed by atoms with Crippen molar-refractivity contribution in [3.05, 3.63) is 51.0 Å². The van der Waals surface area contributed by atoms with Crippen molar-refractivity contribution in [2.75, 3.05) is 0 Å². The number of halogens is 5. The molecule has 1 heterocycles. The molecule has 0 saturated carbocycles. The van der Waals surface area contributed by atoms with E-state index in [1.165, 1.54) is 6.20 Å². The van der Waals surface area contributed by atoms with Gasteiger partial charge in [-0.1, -0.05) is 23.2 Å². The molecular weight excluding hydrogens is 394 g/mol. The Balaban J connectivity index is 2.40. The first-order chi connectivity index (χ1) is 12.2. The van der Waals surface area contributed by atoms with Crippen molar-refractivity contribution in [3.63, 3.8) is 0 Å². The van der Waals surface area contributed by atoms with Crippen molar-refractivity contribution in [3.8, 4) is 17.8 Å². The molecule has 0 aliphatic carbocycles. The van der Waals surface area contributed by atoms with Gasteiger partial charge in [-0.2, -0.15) is 28.8 Å². The van der Waals surface area contributed by atoms with Crippen molar-refractivity contribution in [1.29, 1.82) is 10.5 Å². The fraction of sp³-hybridized carbons (Fsp3) is 0.0714. The second kappa shape index (κ2) is 7.44. The Morgan fingerprint density at radius 2 is 1.85 bits per heavy atom. The third kappa shape index (κ3) is 4.11. The second-order valence-electron chi connectivity index (χ2n) is 4.59. The lowest BCUT2D eigenvalue weighted by Crippen LogP contribution is -2.08. The Labute approximate surface area is 154 Å². The number of alkyl halides is 3. The number of rotatable bonds is 3. The summed E-state index contributed by atoms with van der Waals surface area (Å²) in [6.07, 6.45) is -2.31. The molecule has 0 aliphatic rings. The van der Waals surface area contributed by atoms with Crippen LogP contribution in [0.15, 0.2) is 34.7 Å². The van der Waals surface area contributed by atoms with Crippen LogP contribution in [0, 0.1) is 22.7 Å². The third-order valence-corrected chi connectivity index (χ3v) is 3.44. The zero-order valence-electron chi connectivity index (χ0n) is 12.5. The summed E-state index contributed by atoms with van der Waals surface area (Å²) in [5, 5.41) is 24.6. The Kier molecular flexibility index (Phi) is 5.50. The summed E-state index contributed by atoms with van der Waals surface area (Å²) in [6, 6.07) is 4.60. The van der Waals surface area contributed by atoms with Gasteiger partial charge in [0.25, 0.3) is 0 Å². The molecule has 2 rings (SSSR count). The maximum atomic E-state index is 12.8. The van der Waals surface area contributed by atoms with Crippen LogP contribution < -0.4 is 5.73 Å². The molecule has 0 aliphatic heterocycles. The lowest BCUT2D eigenvalue weighted by molar-refractivity contribution is -0.137. The van der Waals surface area contributed by atoms with E-state index in [1.54, 1.807) is 12.1 Å². The minimum Gasteiger partial charge on any atom is -0.388 e. The van der Waals surface area contributed by atoms with E-state index in [1.807, 2.05) is 0 Å². The van der Waals surface area contributed by atoms with Crippen LogP contribution >= 0.6 is 23.2 Å². The molecule has 0 unspecified atom stereocenters. The number of hydrogen-bond acceptors (Lipinski definition) is 6. The predicted octanol–water partition coefficient (Wildman–Crippen LogP) is 3.23. The molecule has 0 bridgehead atoms. The number of nitrogens with two attached hydrogens (primary N) is 1. The molecule has 0 spiro atoms. The van der Waals surface area contributed by atoms with Gasteiger partial charge in [-0.3, -0.25) is 0 Å². The average Bonchev–Trinajstić information content (AvgIpc) is 3.02. The van der Waals surface area contributed by atoms with Gasteiger partial charge >= 0.3 is 6.18 Å². The van der Waals surface area contributed by atoms with E-state index in [-0.39, 0.29) is 32.8 Å². The molecule has 2 aromatic rings. The van der Waals surface area contributed by atoms with E-state index in [0.29, 0.717) is 12.1 Å². The van der Waals surface area contributed by atoms with E-state index in [9.17, 15) is 13.2 Å². The summed E-state index contributed by atoms with van der Waals surface area (Å²) >= 11 is 11.7. The summed E-state index contributed by atoms with van der Waals surface area (Å²) < 4.78 is 38.3. The van der Waals surface area contributed by atoms with Crippen molar-refractivity contribution < 1.29 is 13.2 Å². The maximum absolute atomic E-state index is 12.8. The molecule has 0 atom stereocenters. The fourth-order valence-corrected chi connectivity index (χ4v) is 2.34. The monoisotopic (exact) mass is 399 g/mol. The van der Waals surface area contributed by atoms with Crippen molar-refractivity contribution >= 4 is 29.4 Å². The van der Waals surface area contributed by atoms with E-state index in [2.05, 4.69) is 15.2 Å². The Morgan fingerprint density at radius 3 is 2.35 bits per heavy atom. The van der Waals surface area contributed by atoms with Crippen LogP contribution in [0.2, 0.25) is 10.0 Å². The molecular formula is C14H6Cl2F3N7. The number of nitriles is 2. The van der Waals surface area contributed by atoms with Gasteiger partial charge < -0.3 is 5.73 Å². The summed E-state index contributed by atoms with van der Waals surface area (Å²) in [4.78, 5) is 4.61. The van der Waals surface area contributed by atoms with Gasteiger partial charge in [0.05, 0.1) is 28.0 Å². The Morgan fingerprint density at radius 1 is 1.23 bits per heavy atom. The van der Waals surface area contributed by atoms with Gasteiger partial charge in [-0.15, -0.1) is 9.90 Å². The minimum absolute atomic E-state index is 0.0615. The first-order valence-corrected chi connectivity index (χ1v) is 7.26. The number of aliphatic imine (C=N–C) groups is 1. The van der Waals surface area contributed by atoms with E-state index >= 15 is 0 Å². The molecule has 7 nitrogen and oxygen atoms in total. The highest BCUT2D eigenvalue weighted by molar-refractivity contribution is 6.37. The van der Waals surface area contributed by atoms with E-state index in [4.69, 9.17) is 39.5 Å². The summed E-state index contributed by atoms with van der Waals surface area (Å²) in [6.45, 7) is 0. The van der Waals surface area contributed by atoms with E-state index in [0.717, 1.165) is 11.0 Å². The van der Waals surface area contributed by atoms with Crippen molar-refractivity contribution in [1.82, 2.24) is 15.0 Å². The van der Waals surface area contributed by atoms with Crippen LogP contribution in [0.1, 0.15) is 11.3 Å². The van der Waals surface area contributed by atoms with Gasteiger partial charge in [0.1, 0.15) is 29.2 Å². The number of nitrogens with zero attached hydrogens (tertiary/aromatic N) is 6. The fourth-order valence-electron chi connectivity index (χ4n) is 1.70. The number of benzene rings is 1. The molecule has 1 aromatic carbocycles. The van der Waals surface area contributed by atoms with Crippen LogP contribution in [0.5, 0.6) is 0 Å². The van der Waals surface area contributed by atoms with Crippen molar-refractivity contribution in [2.45, 2.75) is 6.18 Å². The van der Waals surface area contributed by atoms with Gasteiger partial charge in [0.15, 0.2) is 5.70 Å². The maximum Gasteiger partial charge on any atom is 0.416 e. The second-order valence-corrected chi connectivity index (χ2v) is 5.40. The highest BCUT2D eigenvalue weighted by Crippen LogP contribution is 2.36. The summed E-state index contributed by atoms with van der Waals surface area (Å²) in [5.41, 5.74) is 3.63. The molecule has 0 fully saturated rings. The number of allylic oxidation sites excluding steroid dienone is 2. The molecule has 1 aromatic heterocycles. The van der Waals surface area contributed by atoms with Crippen molar-refractivity contribution in [2.24, 2.45) is 10.7 Å². The first kappa shape index (κ1) is 19.2. The molecule has 2 N–H and O–H groups in total. The standard InChI is InChI=1S/C14H6Cl2F3N7/c15-9-1-7(14(17,18)19)2-10(16)13(9)26-24-6-8(25-26)5-23-12(4-21)11(22)3-20/h1-2,5-6H,22H2/b12-11-,23-5?. The van der Waals surface area contributed by atoms with Gasteiger partial charge in [-0.25, -0.2) is 4.99 Å². The van der Waals surface area contributed by atoms with Crippen LogP contribution in [0.3, 0.4) is 0 Å². The topological polar surface area (TPSA) is 117 Å². The highest BCUT2D eigenvalue weighted by atomic mass is 35.5. The lowest BCUT2D eigenvalue weighted by Gasteiger charge is -2.11. The molecule has 0 radical (unpaired) electrons. The number of aromatic nitrogens is 3. The van der Waals surface area contributed by atoms with Gasteiger partial charge in [0.2, 0.25) is 0 Å². The largest absolute Gasteiger partial charge is 0.416 e. The van der Waals surface area contributed by atoms with Crippen LogP contribution in [0.4, 0.5) is 13.2 Å². The van der Waals surface area contributed by atoms with Crippen LogP contribution in [-0.2, 0) is 6.18 Å². The number of hydrogen-bond donors (Lipinski definition) is 1. The summed E-state index contributed by atoms with van der Waals surface area (Å²) in [7, 11) is 0. The normalized spacial score (nSPS) is 12.6.